The van der Waals surface area contributed by atoms with Crippen molar-refractivity contribution in [2.45, 2.75) is 6.54 Å². The highest BCUT2D eigenvalue weighted by molar-refractivity contribution is 6.36. The minimum atomic E-state index is 0.793. The van der Waals surface area contributed by atoms with Crippen LogP contribution in [0.3, 0.4) is 0 Å². The van der Waals surface area contributed by atoms with Gasteiger partial charge < -0.3 is 15.2 Å². The number of halogens is 1. The standard InChI is InChI=1S/C16H23ClN4/c1-20-8-10-21(11-9-20)7-6-18-12-15-16(17)13-4-2-3-5-14(13)19-15/h2-5,18-19H,6-12H2,1H3. The topological polar surface area (TPSA) is 34.3 Å². The number of hydrogen-bond donors (Lipinski definition) is 2. The predicted molar refractivity (Wildman–Crippen MR) is 89.0 cm³/mol. The van der Waals surface area contributed by atoms with Crippen molar-refractivity contribution >= 4 is 22.5 Å². The number of para-hydroxylation sites is 1. The van der Waals surface area contributed by atoms with E-state index in [0.717, 1.165) is 41.3 Å². The van der Waals surface area contributed by atoms with Gasteiger partial charge in [0.2, 0.25) is 0 Å². The molecule has 114 valence electrons. The minimum Gasteiger partial charge on any atom is -0.356 e. The van der Waals surface area contributed by atoms with Crippen LogP contribution in [-0.4, -0.2) is 61.1 Å². The summed E-state index contributed by atoms with van der Waals surface area (Å²) in [7, 11) is 2.19. The quantitative estimate of drug-likeness (QED) is 0.831. The summed E-state index contributed by atoms with van der Waals surface area (Å²) in [6, 6.07) is 8.17. The van der Waals surface area contributed by atoms with Gasteiger partial charge in [0.25, 0.3) is 0 Å². The summed E-state index contributed by atoms with van der Waals surface area (Å²) >= 11 is 6.41. The van der Waals surface area contributed by atoms with E-state index in [0.29, 0.717) is 0 Å². The molecule has 1 aliphatic heterocycles. The lowest BCUT2D eigenvalue weighted by Gasteiger charge is -2.32. The van der Waals surface area contributed by atoms with E-state index in [9.17, 15) is 0 Å². The van der Waals surface area contributed by atoms with Crippen LogP contribution in [0.1, 0.15) is 5.69 Å². The van der Waals surface area contributed by atoms with Gasteiger partial charge in [0.05, 0.1) is 5.02 Å². The fourth-order valence-electron chi connectivity index (χ4n) is 2.81. The van der Waals surface area contributed by atoms with Gasteiger partial charge in [-0.25, -0.2) is 0 Å². The number of fused-ring (bicyclic) bond motifs is 1. The van der Waals surface area contributed by atoms with Crippen LogP contribution in [-0.2, 0) is 6.54 Å². The van der Waals surface area contributed by atoms with E-state index in [1.165, 1.54) is 26.2 Å². The molecule has 4 nitrogen and oxygen atoms in total. The summed E-state index contributed by atoms with van der Waals surface area (Å²) in [6.45, 7) is 7.58. The molecule has 0 unspecified atom stereocenters. The predicted octanol–water partition coefficient (Wildman–Crippen LogP) is 2.16. The van der Waals surface area contributed by atoms with Crippen molar-refractivity contribution in [2.75, 3.05) is 46.3 Å². The summed E-state index contributed by atoms with van der Waals surface area (Å²) < 4.78 is 0. The van der Waals surface area contributed by atoms with Gasteiger partial charge in [-0.05, 0) is 13.1 Å². The highest BCUT2D eigenvalue weighted by Gasteiger charge is 2.13. The zero-order valence-corrected chi connectivity index (χ0v) is 13.3. The average molecular weight is 307 g/mol. The van der Waals surface area contributed by atoms with Crippen LogP contribution in [0, 0.1) is 0 Å². The molecule has 1 aromatic heterocycles. The molecule has 2 N–H and O–H groups in total. The summed E-state index contributed by atoms with van der Waals surface area (Å²) in [6.07, 6.45) is 0. The Morgan fingerprint density at radius 1 is 1.19 bits per heavy atom. The van der Waals surface area contributed by atoms with Gasteiger partial charge in [-0.3, -0.25) is 4.90 Å². The van der Waals surface area contributed by atoms with Gasteiger partial charge in [0.15, 0.2) is 0 Å². The van der Waals surface area contributed by atoms with E-state index in [-0.39, 0.29) is 0 Å². The molecule has 0 bridgehead atoms. The molecule has 0 atom stereocenters. The number of hydrogen-bond acceptors (Lipinski definition) is 3. The van der Waals surface area contributed by atoms with Gasteiger partial charge >= 0.3 is 0 Å². The maximum Gasteiger partial charge on any atom is 0.0705 e. The van der Waals surface area contributed by atoms with Crippen molar-refractivity contribution < 1.29 is 0 Å². The van der Waals surface area contributed by atoms with E-state index in [1.807, 2.05) is 12.1 Å². The summed E-state index contributed by atoms with van der Waals surface area (Å²) in [4.78, 5) is 8.29. The molecule has 0 amide bonds. The molecule has 5 heteroatoms. The van der Waals surface area contributed by atoms with Crippen LogP contribution in [0.4, 0.5) is 0 Å². The Bertz CT molecular complexity index is 587. The molecule has 0 spiro atoms. The number of nitrogens with one attached hydrogen (secondary N) is 2. The van der Waals surface area contributed by atoms with Gasteiger partial charge in [-0.2, -0.15) is 0 Å². The number of piperazine rings is 1. The molecule has 1 aliphatic rings. The van der Waals surface area contributed by atoms with Crippen LogP contribution in [0.25, 0.3) is 10.9 Å². The fraction of sp³-hybridized carbons (Fsp3) is 0.500. The number of aromatic nitrogens is 1. The number of benzene rings is 1. The second-order valence-corrected chi connectivity index (χ2v) is 6.16. The van der Waals surface area contributed by atoms with Gasteiger partial charge in [-0.15, -0.1) is 0 Å². The first kappa shape index (κ1) is 14.9. The van der Waals surface area contributed by atoms with E-state index in [4.69, 9.17) is 11.6 Å². The molecule has 21 heavy (non-hydrogen) atoms. The zero-order chi connectivity index (χ0) is 14.7. The third kappa shape index (κ3) is 3.58. The Labute approximate surface area is 131 Å². The Balaban J connectivity index is 1.47. The van der Waals surface area contributed by atoms with Crippen molar-refractivity contribution in [1.29, 1.82) is 0 Å². The third-order valence-corrected chi connectivity index (χ3v) is 4.65. The van der Waals surface area contributed by atoms with Crippen LogP contribution < -0.4 is 5.32 Å². The smallest absolute Gasteiger partial charge is 0.0705 e. The van der Waals surface area contributed by atoms with Gasteiger partial charge in [-0.1, -0.05) is 29.8 Å². The van der Waals surface area contributed by atoms with Gasteiger partial charge in [0.1, 0.15) is 0 Å². The number of rotatable bonds is 5. The Hall–Kier alpha value is -1.07. The number of H-pyrrole nitrogens is 1. The van der Waals surface area contributed by atoms with Crippen molar-refractivity contribution in [2.24, 2.45) is 0 Å². The summed E-state index contributed by atoms with van der Waals surface area (Å²) in [5.41, 5.74) is 2.19. The second kappa shape index (κ2) is 6.79. The number of aromatic amines is 1. The summed E-state index contributed by atoms with van der Waals surface area (Å²) in [5.74, 6) is 0. The molecule has 0 aliphatic carbocycles. The van der Waals surface area contributed by atoms with Crippen molar-refractivity contribution in [3.05, 3.63) is 35.0 Å². The van der Waals surface area contributed by atoms with Crippen LogP contribution >= 0.6 is 11.6 Å². The normalized spacial score (nSPS) is 17.6. The number of nitrogens with zero attached hydrogens (tertiary/aromatic N) is 2. The van der Waals surface area contributed by atoms with Crippen molar-refractivity contribution in [3.63, 3.8) is 0 Å². The fourth-order valence-corrected chi connectivity index (χ4v) is 3.09. The highest BCUT2D eigenvalue weighted by Crippen LogP contribution is 2.26. The lowest BCUT2D eigenvalue weighted by Crippen LogP contribution is -2.46. The maximum atomic E-state index is 6.41. The molecule has 1 aromatic carbocycles. The van der Waals surface area contributed by atoms with Crippen LogP contribution in [0.5, 0.6) is 0 Å². The number of likely N-dealkylation sites (N-methyl/N-ethyl adjacent to an activating group) is 1. The molecule has 0 saturated carbocycles. The Morgan fingerprint density at radius 2 is 1.95 bits per heavy atom. The van der Waals surface area contributed by atoms with E-state index in [2.05, 4.69) is 39.3 Å². The van der Waals surface area contributed by atoms with E-state index >= 15 is 0 Å². The monoisotopic (exact) mass is 306 g/mol. The zero-order valence-electron chi connectivity index (χ0n) is 12.5. The Morgan fingerprint density at radius 3 is 2.71 bits per heavy atom. The Kier molecular flexibility index (Phi) is 4.80. The minimum absolute atomic E-state index is 0.793. The van der Waals surface area contributed by atoms with Crippen molar-refractivity contribution in [3.8, 4) is 0 Å². The molecule has 2 aromatic rings. The molecular formula is C16H23ClN4. The highest BCUT2D eigenvalue weighted by atomic mass is 35.5. The first-order chi connectivity index (χ1) is 10.2. The van der Waals surface area contributed by atoms with E-state index in [1.54, 1.807) is 0 Å². The lowest BCUT2D eigenvalue weighted by atomic mass is 10.2. The SMILES string of the molecule is CN1CCN(CCNCc2[nH]c3ccccc3c2Cl)CC1. The van der Waals surface area contributed by atoms with Crippen LogP contribution in [0.2, 0.25) is 5.02 Å². The van der Waals surface area contributed by atoms with Gasteiger partial charge in [0, 0.05) is 62.4 Å². The third-order valence-electron chi connectivity index (χ3n) is 4.22. The molecule has 1 fully saturated rings. The molecule has 2 heterocycles. The van der Waals surface area contributed by atoms with E-state index < -0.39 is 0 Å². The second-order valence-electron chi connectivity index (χ2n) is 5.78. The first-order valence-corrected chi connectivity index (χ1v) is 7.98. The molecule has 1 saturated heterocycles. The maximum absolute atomic E-state index is 6.41. The lowest BCUT2D eigenvalue weighted by molar-refractivity contribution is 0.154. The molecule has 0 radical (unpaired) electrons. The summed E-state index contributed by atoms with van der Waals surface area (Å²) in [5, 5.41) is 5.44. The molecule has 3 rings (SSSR count). The largest absolute Gasteiger partial charge is 0.356 e. The average Bonchev–Trinajstić information content (AvgIpc) is 2.82. The van der Waals surface area contributed by atoms with Crippen molar-refractivity contribution in [1.82, 2.24) is 20.1 Å². The van der Waals surface area contributed by atoms with Crippen LogP contribution in [0.15, 0.2) is 24.3 Å². The first-order valence-electron chi connectivity index (χ1n) is 7.61. The molecular weight excluding hydrogens is 284 g/mol.